The number of hydrogen-bond donors (Lipinski definition) is 0. The number of rotatable bonds is 1. The summed E-state index contributed by atoms with van der Waals surface area (Å²) in [5, 5.41) is 0. The van der Waals surface area contributed by atoms with Gasteiger partial charge >= 0.3 is 0 Å². The molecule has 1 saturated carbocycles. The molecule has 0 spiro atoms. The monoisotopic (exact) mass is 235 g/mol. The van der Waals surface area contributed by atoms with Crippen LogP contribution in [0.3, 0.4) is 0 Å². The minimum absolute atomic E-state index is 0.255. The Morgan fingerprint density at radius 3 is 2.35 bits per heavy atom. The molecule has 1 heterocycles. The van der Waals surface area contributed by atoms with Crippen LogP contribution >= 0.6 is 0 Å². The number of hydrogen-bond acceptors (Lipinski definition) is 1. The predicted molar refractivity (Wildman–Crippen MR) is 70.6 cm³/mol. The lowest BCUT2D eigenvalue weighted by molar-refractivity contribution is -0.133. The summed E-state index contributed by atoms with van der Waals surface area (Å²) >= 11 is 0. The number of carbonyl (C=O) groups is 1. The zero-order valence-electron chi connectivity index (χ0n) is 11.8. The standard InChI is InChI=1S/C15H25NO/c1-14(2,3)11-6-8-16(9-7-11)13(17)12-10-15(12,4)5/h6,12H,7-10H2,1-5H3. The minimum atomic E-state index is 0.255. The first-order valence-electron chi connectivity index (χ1n) is 6.70. The van der Waals surface area contributed by atoms with Crippen molar-refractivity contribution in [2.24, 2.45) is 16.7 Å². The maximum Gasteiger partial charge on any atom is 0.226 e. The molecule has 0 saturated heterocycles. The first kappa shape index (κ1) is 12.7. The fourth-order valence-electron chi connectivity index (χ4n) is 2.66. The summed E-state index contributed by atoms with van der Waals surface area (Å²) < 4.78 is 0. The van der Waals surface area contributed by atoms with E-state index in [0.717, 1.165) is 25.9 Å². The van der Waals surface area contributed by atoms with Gasteiger partial charge in [-0.3, -0.25) is 4.79 Å². The summed E-state index contributed by atoms with van der Waals surface area (Å²) in [4.78, 5) is 14.3. The molecule has 1 amide bonds. The van der Waals surface area contributed by atoms with Gasteiger partial charge < -0.3 is 4.90 Å². The second-order valence-electron chi connectivity index (χ2n) is 7.26. The van der Waals surface area contributed by atoms with Gasteiger partial charge in [-0.05, 0) is 23.7 Å². The lowest BCUT2D eigenvalue weighted by atomic mass is 9.83. The van der Waals surface area contributed by atoms with Gasteiger partial charge in [0.25, 0.3) is 0 Å². The second-order valence-corrected chi connectivity index (χ2v) is 7.26. The van der Waals surface area contributed by atoms with Gasteiger partial charge in [-0.25, -0.2) is 0 Å². The molecule has 1 aliphatic carbocycles. The zero-order chi connectivity index (χ0) is 12.8. The zero-order valence-corrected chi connectivity index (χ0v) is 11.8. The van der Waals surface area contributed by atoms with Gasteiger partial charge in [0.1, 0.15) is 0 Å². The van der Waals surface area contributed by atoms with Crippen LogP contribution in [0.25, 0.3) is 0 Å². The van der Waals surface area contributed by atoms with Gasteiger partial charge in [-0.15, -0.1) is 0 Å². The lowest BCUT2D eigenvalue weighted by Gasteiger charge is -2.32. The highest BCUT2D eigenvalue weighted by Gasteiger charge is 2.51. The van der Waals surface area contributed by atoms with Crippen molar-refractivity contribution in [3.8, 4) is 0 Å². The van der Waals surface area contributed by atoms with E-state index >= 15 is 0 Å². The Hall–Kier alpha value is -0.790. The fourth-order valence-corrected chi connectivity index (χ4v) is 2.66. The highest BCUT2D eigenvalue weighted by atomic mass is 16.2. The molecule has 2 heteroatoms. The Morgan fingerprint density at radius 1 is 1.41 bits per heavy atom. The molecule has 0 N–H and O–H groups in total. The van der Waals surface area contributed by atoms with E-state index in [1.54, 1.807) is 0 Å². The second kappa shape index (κ2) is 3.86. The summed E-state index contributed by atoms with van der Waals surface area (Å²) in [5.41, 5.74) is 2.01. The molecule has 0 bridgehead atoms. The van der Waals surface area contributed by atoms with Gasteiger partial charge in [-0.1, -0.05) is 46.3 Å². The van der Waals surface area contributed by atoms with Crippen molar-refractivity contribution in [2.75, 3.05) is 13.1 Å². The average Bonchev–Trinajstić information content (AvgIpc) is 2.86. The van der Waals surface area contributed by atoms with E-state index < -0.39 is 0 Å². The fraction of sp³-hybridized carbons (Fsp3) is 0.800. The quantitative estimate of drug-likeness (QED) is 0.639. The van der Waals surface area contributed by atoms with Crippen LogP contribution in [-0.4, -0.2) is 23.9 Å². The highest BCUT2D eigenvalue weighted by Crippen LogP contribution is 2.52. The van der Waals surface area contributed by atoms with Crippen LogP contribution in [0, 0.1) is 16.7 Å². The highest BCUT2D eigenvalue weighted by molar-refractivity contribution is 5.82. The van der Waals surface area contributed by atoms with Crippen LogP contribution in [0.5, 0.6) is 0 Å². The van der Waals surface area contributed by atoms with E-state index in [0.29, 0.717) is 5.91 Å². The van der Waals surface area contributed by atoms with Crippen molar-refractivity contribution in [3.05, 3.63) is 11.6 Å². The molecule has 2 aliphatic rings. The lowest BCUT2D eigenvalue weighted by Crippen LogP contribution is -2.38. The smallest absolute Gasteiger partial charge is 0.226 e. The largest absolute Gasteiger partial charge is 0.338 e. The maximum atomic E-state index is 12.2. The van der Waals surface area contributed by atoms with Gasteiger partial charge in [0.2, 0.25) is 5.91 Å². The van der Waals surface area contributed by atoms with Crippen molar-refractivity contribution in [3.63, 3.8) is 0 Å². The summed E-state index contributed by atoms with van der Waals surface area (Å²) in [6.45, 7) is 12.9. The van der Waals surface area contributed by atoms with Crippen LogP contribution < -0.4 is 0 Å². The summed E-state index contributed by atoms with van der Waals surface area (Å²) in [7, 11) is 0. The van der Waals surface area contributed by atoms with Gasteiger partial charge in [-0.2, -0.15) is 0 Å². The molecule has 0 aromatic rings. The van der Waals surface area contributed by atoms with Gasteiger partial charge in [0.15, 0.2) is 0 Å². The third-order valence-corrected chi connectivity index (χ3v) is 4.30. The first-order valence-corrected chi connectivity index (χ1v) is 6.70. The molecule has 2 nitrogen and oxygen atoms in total. The predicted octanol–water partition coefficient (Wildman–Crippen LogP) is 3.24. The molecule has 2 rings (SSSR count). The molecule has 0 radical (unpaired) electrons. The van der Waals surface area contributed by atoms with E-state index in [2.05, 4.69) is 40.7 Å². The Bertz CT molecular complexity index is 360. The van der Waals surface area contributed by atoms with Crippen LogP contribution in [0.1, 0.15) is 47.5 Å². The van der Waals surface area contributed by atoms with Crippen molar-refractivity contribution in [1.82, 2.24) is 4.90 Å². The first-order chi connectivity index (χ1) is 7.72. The molecule has 0 aromatic carbocycles. The Morgan fingerprint density at radius 2 is 2.00 bits per heavy atom. The van der Waals surface area contributed by atoms with Crippen molar-refractivity contribution < 1.29 is 4.79 Å². The van der Waals surface area contributed by atoms with E-state index in [4.69, 9.17) is 0 Å². The molecule has 1 atom stereocenters. The van der Waals surface area contributed by atoms with Gasteiger partial charge in [0.05, 0.1) is 0 Å². The molecule has 1 fully saturated rings. The number of nitrogens with zero attached hydrogens (tertiary/aromatic N) is 1. The number of amides is 1. The van der Waals surface area contributed by atoms with E-state index in [1.165, 1.54) is 5.57 Å². The van der Waals surface area contributed by atoms with Crippen LogP contribution in [-0.2, 0) is 4.79 Å². The molecule has 1 unspecified atom stereocenters. The molecular weight excluding hydrogens is 210 g/mol. The SMILES string of the molecule is CC(C)(C)C1=CCN(C(=O)C2CC2(C)C)CC1. The minimum Gasteiger partial charge on any atom is -0.338 e. The maximum absolute atomic E-state index is 12.2. The topological polar surface area (TPSA) is 20.3 Å². The summed E-state index contributed by atoms with van der Waals surface area (Å²) in [6.07, 6.45) is 4.37. The van der Waals surface area contributed by atoms with Crippen LogP contribution in [0.15, 0.2) is 11.6 Å². The molecule has 0 aromatic heterocycles. The average molecular weight is 235 g/mol. The van der Waals surface area contributed by atoms with Gasteiger partial charge in [0, 0.05) is 19.0 Å². The van der Waals surface area contributed by atoms with Crippen molar-refractivity contribution >= 4 is 5.91 Å². The van der Waals surface area contributed by atoms with E-state index in [-0.39, 0.29) is 16.7 Å². The Labute approximate surface area is 105 Å². The third kappa shape index (κ3) is 2.56. The number of carbonyl (C=O) groups excluding carboxylic acids is 1. The third-order valence-electron chi connectivity index (χ3n) is 4.30. The van der Waals surface area contributed by atoms with Crippen molar-refractivity contribution in [2.45, 2.75) is 47.5 Å². The molecular formula is C15H25NO. The van der Waals surface area contributed by atoms with Crippen molar-refractivity contribution in [1.29, 1.82) is 0 Å². The molecule has 1 aliphatic heterocycles. The Kier molecular flexibility index (Phi) is 2.87. The molecule has 17 heavy (non-hydrogen) atoms. The van der Waals surface area contributed by atoms with E-state index in [1.807, 2.05) is 4.90 Å². The molecule has 96 valence electrons. The summed E-state index contributed by atoms with van der Waals surface area (Å²) in [5.74, 6) is 0.659. The normalized spacial score (nSPS) is 27.7. The van der Waals surface area contributed by atoms with Crippen LogP contribution in [0.2, 0.25) is 0 Å². The van der Waals surface area contributed by atoms with E-state index in [9.17, 15) is 4.79 Å². The summed E-state index contributed by atoms with van der Waals surface area (Å²) in [6, 6.07) is 0. The van der Waals surface area contributed by atoms with Crippen LogP contribution in [0.4, 0.5) is 0 Å². The Balaban J connectivity index is 1.96.